The zero-order valence-corrected chi connectivity index (χ0v) is 15.7. The number of sulfonamides is 1. The van der Waals surface area contributed by atoms with Crippen molar-refractivity contribution in [3.05, 3.63) is 24.5 Å². The number of carboxylic acids is 1. The van der Waals surface area contributed by atoms with Crippen LogP contribution in [0, 0.1) is 0 Å². The molecule has 2 fully saturated rings. The molecule has 0 spiro atoms. The van der Waals surface area contributed by atoms with Crippen LogP contribution in [0.3, 0.4) is 0 Å². The van der Waals surface area contributed by atoms with E-state index in [0.717, 1.165) is 24.2 Å². The van der Waals surface area contributed by atoms with Crippen molar-refractivity contribution in [1.82, 2.24) is 9.88 Å². The first kappa shape index (κ1) is 19.9. The summed E-state index contributed by atoms with van der Waals surface area (Å²) in [6, 6.07) is 4.70. The molecule has 2 saturated heterocycles. The Morgan fingerprint density at radius 2 is 1.93 bits per heavy atom. The summed E-state index contributed by atoms with van der Waals surface area (Å²) in [5.41, 5.74) is -0.996. The molecule has 4 rings (SSSR count). The van der Waals surface area contributed by atoms with Gasteiger partial charge >= 0.3 is 5.97 Å². The minimum absolute atomic E-state index is 0.0463. The lowest BCUT2D eigenvalue weighted by molar-refractivity contribution is -0.151. The Morgan fingerprint density at radius 3 is 2.48 bits per heavy atom. The summed E-state index contributed by atoms with van der Waals surface area (Å²) in [6.45, 7) is 0. The average Bonchev–Trinajstić information content (AvgIpc) is 3.36. The van der Waals surface area contributed by atoms with E-state index in [1.54, 1.807) is 12.1 Å². The van der Waals surface area contributed by atoms with Crippen LogP contribution < -0.4 is 10.6 Å². The second kappa shape index (κ2) is 7.66. The number of ether oxygens (including phenoxy) is 1. The molecule has 0 radical (unpaired) electrons. The molecule has 0 aromatic carbocycles. The average molecular weight is 417 g/mol. The van der Waals surface area contributed by atoms with E-state index in [1.807, 2.05) is 0 Å². The lowest BCUT2D eigenvalue weighted by atomic mass is 9.88. The van der Waals surface area contributed by atoms with Crippen LogP contribution in [-0.4, -0.2) is 47.6 Å². The number of nitrogens with two attached hydrogens (primary N) is 1. The highest BCUT2D eigenvalue weighted by atomic mass is 32.2. The largest absolute Gasteiger partial charge is 0.480 e. The predicted octanol–water partition coefficient (Wildman–Crippen LogP) is 1.18. The van der Waals surface area contributed by atoms with Crippen molar-refractivity contribution in [2.75, 3.05) is 0 Å². The molecule has 12 heteroatoms. The third-order valence-electron chi connectivity index (χ3n) is 4.62. The first-order valence-corrected chi connectivity index (χ1v) is 10.4. The zero-order valence-electron chi connectivity index (χ0n) is 14.1. The lowest BCUT2D eigenvalue weighted by Crippen LogP contribution is -2.59. The fourth-order valence-corrected chi connectivity index (χ4v) is 6.14. The van der Waals surface area contributed by atoms with Gasteiger partial charge in [0.15, 0.2) is 0 Å². The standard InChI is InChI=1S/C15H16N2O6S2.H3NO/c18-14(19)15(7-9-1-2-10(8-15)23-9)17-25(20,21)13-4-3-12(24-13)11-5-6-22-16-11;1-2/h3-6,9-10,17H,1-2,7-8H2,(H,18,19);2H,1H2. The van der Waals surface area contributed by atoms with E-state index in [9.17, 15) is 18.3 Å². The number of hydrogen-bond acceptors (Lipinski definition) is 9. The molecule has 2 unspecified atom stereocenters. The van der Waals surface area contributed by atoms with Gasteiger partial charge in [0.25, 0.3) is 10.0 Å². The lowest BCUT2D eigenvalue weighted by Gasteiger charge is -2.37. The molecule has 2 atom stereocenters. The molecule has 0 amide bonds. The second-order valence-corrected chi connectivity index (χ2v) is 9.35. The maximum atomic E-state index is 12.8. The van der Waals surface area contributed by atoms with Crippen LogP contribution in [0.5, 0.6) is 0 Å². The van der Waals surface area contributed by atoms with Crippen molar-refractivity contribution in [2.45, 2.75) is 47.6 Å². The van der Waals surface area contributed by atoms with E-state index in [2.05, 4.69) is 15.8 Å². The van der Waals surface area contributed by atoms with Crippen molar-refractivity contribution in [2.24, 2.45) is 5.90 Å². The van der Waals surface area contributed by atoms with E-state index >= 15 is 0 Å². The van der Waals surface area contributed by atoms with Crippen LogP contribution in [0.15, 0.2) is 33.2 Å². The van der Waals surface area contributed by atoms with Crippen molar-refractivity contribution >= 4 is 27.3 Å². The number of carbonyl (C=O) groups is 1. The molecule has 2 aliphatic heterocycles. The highest BCUT2D eigenvalue weighted by Gasteiger charge is 2.52. The molecule has 10 nitrogen and oxygen atoms in total. The number of nitrogens with one attached hydrogen (secondary N) is 1. The van der Waals surface area contributed by atoms with Gasteiger partial charge in [0.2, 0.25) is 0 Å². The smallest absolute Gasteiger partial charge is 0.325 e. The van der Waals surface area contributed by atoms with Crippen molar-refractivity contribution in [3.8, 4) is 10.6 Å². The first-order valence-electron chi connectivity index (χ1n) is 8.07. The quantitative estimate of drug-likeness (QED) is 0.523. The summed E-state index contributed by atoms with van der Waals surface area (Å²) >= 11 is 1.02. The Kier molecular flexibility index (Phi) is 5.65. The molecule has 2 aromatic rings. The highest BCUT2D eigenvalue weighted by Crippen LogP contribution is 2.40. The van der Waals surface area contributed by atoms with E-state index in [-0.39, 0.29) is 29.3 Å². The number of nitrogens with zero attached hydrogens (tertiary/aromatic N) is 1. The predicted molar refractivity (Wildman–Crippen MR) is 93.6 cm³/mol. The second-order valence-electron chi connectivity index (χ2n) is 6.36. The van der Waals surface area contributed by atoms with Crippen molar-refractivity contribution in [3.63, 3.8) is 0 Å². The normalized spacial score (nSPS) is 27.0. The number of rotatable bonds is 5. The fourth-order valence-electron chi connectivity index (χ4n) is 3.49. The first-order chi connectivity index (χ1) is 12.9. The third kappa shape index (κ3) is 3.90. The topological polar surface area (TPSA) is 165 Å². The monoisotopic (exact) mass is 417 g/mol. The Morgan fingerprint density at radius 1 is 1.26 bits per heavy atom. The van der Waals surface area contributed by atoms with Gasteiger partial charge in [0, 0.05) is 18.9 Å². The summed E-state index contributed by atoms with van der Waals surface area (Å²) in [5, 5.41) is 20.0. The molecule has 148 valence electrons. The molecule has 4 heterocycles. The van der Waals surface area contributed by atoms with Crippen LogP contribution >= 0.6 is 11.3 Å². The third-order valence-corrected chi connectivity index (χ3v) is 7.76. The Labute approximate surface area is 158 Å². The van der Waals surface area contributed by atoms with Crippen LogP contribution in [0.4, 0.5) is 0 Å². The summed E-state index contributed by atoms with van der Waals surface area (Å²) in [6.07, 6.45) is 2.77. The maximum Gasteiger partial charge on any atom is 0.325 e. The van der Waals surface area contributed by atoms with Gasteiger partial charge in [-0.1, -0.05) is 5.16 Å². The highest BCUT2D eigenvalue weighted by molar-refractivity contribution is 7.91. The van der Waals surface area contributed by atoms with Gasteiger partial charge in [0.1, 0.15) is 21.7 Å². The Hall–Kier alpha value is -1.83. The fraction of sp³-hybridized carbons (Fsp3) is 0.467. The SMILES string of the molecule is NO.O=C(O)C1(NS(=O)(=O)c2ccc(-c3ccon3)s2)CC2CCC(C1)O2. The number of fused-ring (bicyclic) bond motifs is 2. The van der Waals surface area contributed by atoms with Gasteiger partial charge in [-0.05, 0) is 25.0 Å². The van der Waals surface area contributed by atoms with E-state index in [1.165, 1.54) is 12.3 Å². The molecule has 0 aliphatic carbocycles. The molecule has 2 aliphatic rings. The zero-order chi connectivity index (χ0) is 19.7. The van der Waals surface area contributed by atoms with Gasteiger partial charge in [0.05, 0.1) is 17.1 Å². The van der Waals surface area contributed by atoms with E-state index in [0.29, 0.717) is 10.6 Å². The van der Waals surface area contributed by atoms with Crippen molar-refractivity contribution < 1.29 is 32.8 Å². The maximum absolute atomic E-state index is 12.8. The van der Waals surface area contributed by atoms with E-state index < -0.39 is 21.5 Å². The van der Waals surface area contributed by atoms with Crippen molar-refractivity contribution in [1.29, 1.82) is 0 Å². The number of carboxylic acid groups (broad SMARTS) is 1. The molecule has 2 aromatic heterocycles. The van der Waals surface area contributed by atoms with E-state index in [4.69, 9.17) is 14.5 Å². The summed E-state index contributed by atoms with van der Waals surface area (Å²) in [5.74, 6) is 2.34. The summed E-state index contributed by atoms with van der Waals surface area (Å²) in [7, 11) is -3.98. The molecule has 5 N–H and O–H groups in total. The molecule has 27 heavy (non-hydrogen) atoms. The molecule has 0 saturated carbocycles. The number of thiophene rings is 1. The minimum Gasteiger partial charge on any atom is -0.480 e. The van der Waals surface area contributed by atoms with Crippen LogP contribution in [0.2, 0.25) is 0 Å². The number of aliphatic carboxylic acids is 1. The minimum atomic E-state index is -3.98. The molecular weight excluding hydrogens is 398 g/mol. The van der Waals surface area contributed by atoms with Gasteiger partial charge in [-0.2, -0.15) is 4.72 Å². The summed E-state index contributed by atoms with van der Waals surface area (Å²) in [4.78, 5) is 12.5. The van der Waals surface area contributed by atoms with Gasteiger partial charge in [-0.3, -0.25) is 4.79 Å². The summed E-state index contributed by atoms with van der Waals surface area (Å²) < 4.78 is 38.5. The molecule has 2 bridgehead atoms. The molecular formula is C15H19N3O7S2. The Bertz CT molecular complexity index is 882. The van der Waals surface area contributed by atoms with Crippen LogP contribution in [0.1, 0.15) is 25.7 Å². The van der Waals surface area contributed by atoms with Crippen LogP contribution in [0.25, 0.3) is 10.6 Å². The van der Waals surface area contributed by atoms with Crippen LogP contribution in [-0.2, 0) is 19.6 Å². The Balaban J connectivity index is 0.00000102. The number of aromatic nitrogens is 1. The van der Waals surface area contributed by atoms with Gasteiger partial charge < -0.3 is 19.6 Å². The van der Waals surface area contributed by atoms with Gasteiger partial charge in [-0.15, -0.1) is 11.3 Å². The number of hydrogen-bond donors (Lipinski definition) is 4. The van der Waals surface area contributed by atoms with Gasteiger partial charge in [-0.25, -0.2) is 14.3 Å².